The first-order valence-corrected chi connectivity index (χ1v) is 9.14. The largest absolute Gasteiger partial charge is 0.497 e. The first-order valence-electron chi connectivity index (χ1n) is 9.14. The Morgan fingerprint density at radius 3 is 2.66 bits per heavy atom. The molecule has 0 saturated carbocycles. The maximum atomic E-state index is 12.9. The normalized spacial score (nSPS) is 10.7. The third-order valence-corrected chi connectivity index (χ3v) is 4.65. The number of benzene rings is 3. The highest BCUT2D eigenvalue weighted by Crippen LogP contribution is 2.16. The minimum Gasteiger partial charge on any atom is -0.497 e. The number of rotatable bonds is 5. The fourth-order valence-electron chi connectivity index (χ4n) is 3.09. The van der Waals surface area contributed by atoms with Gasteiger partial charge in [0.15, 0.2) is 0 Å². The van der Waals surface area contributed by atoms with Gasteiger partial charge in [-0.3, -0.25) is 14.2 Å². The highest BCUT2D eigenvalue weighted by atomic mass is 16.5. The average molecular weight is 385 g/mol. The lowest BCUT2D eigenvalue weighted by Crippen LogP contribution is -2.23. The monoisotopic (exact) mass is 385 g/mol. The van der Waals surface area contributed by atoms with E-state index in [1.807, 2.05) is 48.5 Å². The van der Waals surface area contributed by atoms with Gasteiger partial charge in [-0.15, -0.1) is 0 Å². The maximum Gasteiger partial charge on any atom is 0.265 e. The van der Waals surface area contributed by atoms with Gasteiger partial charge in [0.1, 0.15) is 12.1 Å². The van der Waals surface area contributed by atoms with Crippen LogP contribution >= 0.6 is 0 Å². The summed E-state index contributed by atoms with van der Waals surface area (Å²) in [4.78, 5) is 29.7. The molecule has 4 rings (SSSR count). The van der Waals surface area contributed by atoms with E-state index in [1.165, 1.54) is 10.9 Å². The molecule has 144 valence electrons. The standard InChI is InChI=1S/C23H19N3O3/c1-29-19-9-5-8-18(13-19)26-15-25-21-12-17(10-11-20(21)23(26)28)22(27)24-14-16-6-3-2-4-7-16/h2-13,15H,14H2,1H3,(H,24,27). The number of aromatic nitrogens is 2. The van der Waals surface area contributed by atoms with Gasteiger partial charge >= 0.3 is 0 Å². The molecule has 0 aliphatic heterocycles. The van der Waals surface area contributed by atoms with Gasteiger partial charge in [0.2, 0.25) is 0 Å². The molecule has 1 N–H and O–H groups in total. The van der Waals surface area contributed by atoms with Crippen molar-refractivity contribution < 1.29 is 9.53 Å². The van der Waals surface area contributed by atoms with E-state index >= 15 is 0 Å². The van der Waals surface area contributed by atoms with Crippen LogP contribution in [0.1, 0.15) is 15.9 Å². The molecule has 1 amide bonds. The maximum absolute atomic E-state index is 12.9. The van der Waals surface area contributed by atoms with E-state index in [2.05, 4.69) is 10.3 Å². The first-order chi connectivity index (χ1) is 14.2. The summed E-state index contributed by atoms with van der Waals surface area (Å²) in [7, 11) is 1.57. The van der Waals surface area contributed by atoms with Gasteiger partial charge in [-0.2, -0.15) is 0 Å². The second-order valence-electron chi connectivity index (χ2n) is 6.52. The minimum atomic E-state index is -0.213. The molecule has 4 aromatic rings. The van der Waals surface area contributed by atoms with Crippen molar-refractivity contribution in [2.75, 3.05) is 7.11 Å². The third-order valence-electron chi connectivity index (χ3n) is 4.65. The summed E-state index contributed by atoms with van der Waals surface area (Å²) >= 11 is 0. The summed E-state index contributed by atoms with van der Waals surface area (Å²) in [6.45, 7) is 0.433. The van der Waals surface area contributed by atoms with Gasteiger partial charge in [-0.1, -0.05) is 36.4 Å². The molecule has 29 heavy (non-hydrogen) atoms. The molecule has 0 aliphatic rings. The summed E-state index contributed by atoms with van der Waals surface area (Å²) in [6.07, 6.45) is 1.46. The number of nitrogens with zero attached hydrogens (tertiary/aromatic N) is 2. The van der Waals surface area contributed by atoms with Crippen LogP contribution in [0.15, 0.2) is 83.9 Å². The summed E-state index contributed by atoms with van der Waals surface area (Å²) < 4.78 is 6.68. The number of methoxy groups -OCH3 is 1. The van der Waals surface area contributed by atoms with Gasteiger partial charge in [-0.05, 0) is 35.9 Å². The number of amides is 1. The lowest BCUT2D eigenvalue weighted by molar-refractivity contribution is 0.0951. The van der Waals surface area contributed by atoms with Crippen LogP contribution in [-0.2, 0) is 6.54 Å². The first kappa shape index (κ1) is 18.4. The molecular formula is C23H19N3O3. The van der Waals surface area contributed by atoms with E-state index < -0.39 is 0 Å². The van der Waals surface area contributed by atoms with Crippen molar-refractivity contribution in [1.29, 1.82) is 0 Å². The Kier molecular flexibility index (Phi) is 5.07. The van der Waals surface area contributed by atoms with E-state index in [-0.39, 0.29) is 11.5 Å². The molecule has 0 fully saturated rings. The molecular weight excluding hydrogens is 366 g/mol. The molecule has 0 bridgehead atoms. The number of nitrogens with one attached hydrogen (secondary N) is 1. The lowest BCUT2D eigenvalue weighted by atomic mass is 10.1. The second kappa shape index (κ2) is 7.98. The quantitative estimate of drug-likeness (QED) is 0.572. The third kappa shape index (κ3) is 3.87. The van der Waals surface area contributed by atoms with Gasteiger partial charge in [0, 0.05) is 18.2 Å². The highest BCUT2D eigenvalue weighted by Gasteiger charge is 2.11. The van der Waals surface area contributed by atoms with Gasteiger partial charge < -0.3 is 10.1 Å². The van der Waals surface area contributed by atoms with Crippen molar-refractivity contribution in [2.24, 2.45) is 0 Å². The molecule has 0 radical (unpaired) electrons. The Bertz CT molecular complexity index is 1230. The van der Waals surface area contributed by atoms with Crippen molar-refractivity contribution in [3.05, 3.63) is 101 Å². The number of carbonyl (C=O) groups is 1. The Morgan fingerprint density at radius 2 is 1.86 bits per heavy atom. The Morgan fingerprint density at radius 1 is 1.03 bits per heavy atom. The molecule has 0 unspecified atom stereocenters. The van der Waals surface area contributed by atoms with Crippen molar-refractivity contribution in [1.82, 2.24) is 14.9 Å². The van der Waals surface area contributed by atoms with Gasteiger partial charge in [0.05, 0.1) is 23.7 Å². The number of fused-ring (bicyclic) bond motifs is 1. The minimum absolute atomic E-state index is 0.209. The lowest BCUT2D eigenvalue weighted by Gasteiger charge is -2.09. The number of hydrogen-bond acceptors (Lipinski definition) is 4. The molecule has 0 atom stereocenters. The van der Waals surface area contributed by atoms with E-state index in [0.717, 1.165) is 5.56 Å². The predicted octanol–water partition coefficient (Wildman–Crippen LogP) is 3.32. The van der Waals surface area contributed by atoms with Crippen LogP contribution in [0.3, 0.4) is 0 Å². The topological polar surface area (TPSA) is 73.2 Å². The Balaban J connectivity index is 1.62. The van der Waals surface area contributed by atoms with E-state index in [9.17, 15) is 9.59 Å². The number of ether oxygens (including phenoxy) is 1. The SMILES string of the molecule is COc1cccc(-n2cnc3cc(C(=O)NCc4ccccc4)ccc3c2=O)c1. The molecule has 0 saturated heterocycles. The molecule has 6 nitrogen and oxygen atoms in total. The van der Waals surface area contributed by atoms with Crippen LogP contribution in [0, 0.1) is 0 Å². The van der Waals surface area contributed by atoms with Crippen LogP contribution < -0.4 is 15.6 Å². The number of hydrogen-bond donors (Lipinski definition) is 1. The molecule has 1 aromatic heterocycles. The highest BCUT2D eigenvalue weighted by molar-refractivity contribution is 5.97. The summed E-state index contributed by atoms with van der Waals surface area (Å²) in [5.41, 5.74) is 2.40. The van der Waals surface area contributed by atoms with Crippen LogP contribution in [-0.4, -0.2) is 22.6 Å². The summed E-state index contributed by atoms with van der Waals surface area (Å²) in [5.74, 6) is 0.439. The zero-order valence-corrected chi connectivity index (χ0v) is 15.8. The fraction of sp³-hybridized carbons (Fsp3) is 0.0870. The summed E-state index contributed by atoms with van der Waals surface area (Å²) in [6, 6.07) is 21.8. The Labute approximate surface area is 167 Å². The number of carbonyl (C=O) groups excluding carboxylic acids is 1. The van der Waals surface area contributed by atoms with Crippen molar-refractivity contribution in [2.45, 2.75) is 6.54 Å². The van der Waals surface area contributed by atoms with E-state index in [1.54, 1.807) is 31.4 Å². The van der Waals surface area contributed by atoms with Crippen molar-refractivity contribution >= 4 is 16.8 Å². The zero-order valence-electron chi connectivity index (χ0n) is 15.8. The van der Waals surface area contributed by atoms with Gasteiger partial charge in [0.25, 0.3) is 11.5 Å². The van der Waals surface area contributed by atoms with Crippen LogP contribution in [0.25, 0.3) is 16.6 Å². The fourth-order valence-corrected chi connectivity index (χ4v) is 3.09. The van der Waals surface area contributed by atoms with Crippen molar-refractivity contribution in [3.8, 4) is 11.4 Å². The molecule has 3 aromatic carbocycles. The van der Waals surface area contributed by atoms with Crippen LogP contribution in [0.2, 0.25) is 0 Å². The van der Waals surface area contributed by atoms with Crippen molar-refractivity contribution in [3.63, 3.8) is 0 Å². The van der Waals surface area contributed by atoms with Crippen LogP contribution in [0.5, 0.6) is 5.75 Å². The molecule has 6 heteroatoms. The molecule has 1 heterocycles. The second-order valence-corrected chi connectivity index (χ2v) is 6.52. The van der Waals surface area contributed by atoms with Crippen LogP contribution in [0.4, 0.5) is 0 Å². The zero-order chi connectivity index (χ0) is 20.2. The Hall–Kier alpha value is -3.93. The van der Waals surface area contributed by atoms with E-state index in [0.29, 0.717) is 34.4 Å². The average Bonchev–Trinajstić information content (AvgIpc) is 2.78. The summed E-state index contributed by atoms with van der Waals surface area (Å²) in [5, 5.41) is 3.32. The smallest absolute Gasteiger partial charge is 0.265 e. The van der Waals surface area contributed by atoms with Gasteiger partial charge in [-0.25, -0.2) is 4.98 Å². The van der Waals surface area contributed by atoms with E-state index in [4.69, 9.17) is 4.74 Å². The molecule has 0 spiro atoms. The molecule has 0 aliphatic carbocycles. The predicted molar refractivity (Wildman–Crippen MR) is 112 cm³/mol.